The van der Waals surface area contributed by atoms with Crippen molar-refractivity contribution in [3.63, 3.8) is 0 Å². The number of anilines is 1. The molecule has 0 spiro atoms. The molecule has 4 nitrogen and oxygen atoms in total. The summed E-state index contributed by atoms with van der Waals surface area (Å²) in [6, 6.07) is 2.79. The smallest absolute Gasteiger partial charge is 0.242 e. The number of nitrogens with two attached hydrogens (primary N) is 1. The number of benzene rings is 1. The van der Waals surface area contributed by atoms with E-state index in [0.29, 0.717) is 5.92 Å². The number of hydrogen-bond donors (Lipinski definition) is 2. The molecule has 2 unspecified atom stereocenters. The molecule has 0 aromatic heterocycles. The first kappa shape index (κ1) is 15.9. The van der Waals surface area contributed by atoms with E-state index in [9.17, 15) is 8.42 Å². The topological polar surface area (TPSA) is 72.2 Å². The Bertz CT molecular complexity index is 605. The monoisotopic (exact) mass is 336 g/mol. The zero-order valence-electron chi connectivity index (χ0n) is 11.2. The van der Waals surface area contributed by atoms with Gasteiger partial charge in [0.25, 0.3) is 0 Å². The highest BCUT2D eigenvalue weighted by Crippen LogP contribution is 2.33. The molecule has 0 bridgehead atoms. The molecule has 1 aliphatic carbocycles. The first-order chi connectivity index (χ1) is 9.31. The Hall–Kier alpha value is -0.490. The predicted octanol–water partition coefficient (Wildman–Crippen LogP) is 3.43. The maximum Gasteiger partial charge on any atom is 0.242 e. The molecule has 7 heteroatoms. The fraction of sp³-hybridized carbons (Fsp3) is 0.538. The van der Waals surface area contributed by atoms with E-state index in [4.69, 9.17) is 28.9 Å². The summed E-state index contributed by atoms with van der Waals surface area (Å²) in [4.78, 5) is -0.0145. The molecule has 0 radical (unpaired) electrons. The van der Waals surface area contributed by atoms with Crippen molar-refractivity contribution in [1.29, 1.82) is 0 Å². The molecule has 1 fully saturated rings. The third-order valence-electron chi connectivity index (χ3n) is 3.64. The molecule has 20 heavy (non-hydrogen) atoms. The van der Waals surface area contributed by atoms with Crippen molar-refractivity contribution in [3.8, 4) is 0 Å². The van der Waals surface area contributed by atoms with Crippen molar-refractivity contribution in [1.82, 2.24) is 4.72 Å². The molecule has 0 heterocycles. The van der Waals surface area contributed by atoms with Crippen LogP contribution in [-0.2, 0) is 10.0 Å². The van der Waals surface area contributed by atoms with Crippen LogP contribution in [0.2, 0.25) is 10.0 Å². The fourth-order valence-corrected chi connectivity index (χ4v) is 4.63. The maximum absolute atomic E-state index is 12.4. The third kappa shape index (κ3) is 3.39. The van der Waals surface area contributed by atoms with E-state index in [1.807, 2.05) is 0 Å². The first-order valence-electron chi connectivity index (χ1n) is 6.57. The van der Waals surface area contributed by atoms with Gasteiger partial charge in [-0.2, -0.15) is 0 Å². The summed E-state index contributed by atoms with van der Waals surface area (Å²) in [5.41, 5.74) is 5.77. The summed E-state index contributed by atoms with van der Waals surface area (Å²) >= 11 is 11.8. The van der Waals surface area contributed by atoms with Gasteiger partial charge < -0.3 is 5.73 Å². The van der Waals surface area contributed by atoms with E-state index in [-0.39, 0.29) is 26.7 Å². The SMILES string of the molecule is CC1CCCC(NS(=O)(=O)c2ccc(Cl)c(N)c2Cl)C1. The van der Waals surface area contributed by atoms with E-state index >= 15 is 0 Å². The van der Waals surface area contributed by atoms with E-state index < -0.39 is 10.0 Å². The van der Waals surface area contributed by atoms with Crippen LogP contribution in [0.15, 0.2) is 17.0 Å². The van der Waals surface area contributed by atoms with Gasteiger partial charge >= 0.3 is 0 Å². The average molecular weight is 337 g/mol. The highest BCUT2D eigenvalue weighted by molar-refractivity contribution is 7.89. The molecule has 0 saturated heterocycles. The minimum absolute atomic E-state index is 0.0145. The lowest BCUT2D eigenvalue weighted by molar-refractivity contribution is 0.327. The Kier molecular flexibility index (Phi) is 4.84. The largest absolute Gasteiger partial charge is 0.396 e. The highest BCUT2D eigenvalue weighted by Gasteiger charge is 2.27. The van der Waals surface area contributed by atoms with Crippen molar-refractivity contribution in [2.24, 2.45) is 5.92 Å². The summed E-state index contributed by atoms with van der Waals surface area (Å²) in [6.07, 6.45) is 3.88. The van der Waals surface area contributed by atoms with Crippen LogP contribution >= 0.6 is 23.2 Å². The van der Waals surface area contributed by atoms with Crippen LogP contribution in [0.5, 0.6) is 0 Å². The minimum Gasteiger partial charge on any atom is -0.396 e. The van der Waals surface area contributed by atoms with Gasteiger partial charge in [0.05, 0.1) is 15.7 Å². The molecule has 1 aromatic rings. The Morgan fingerprint density at radius 1 is 1.30 bits per heavy atom. The maximum atomic E-state index is 12.4. The van der Waals surface area contributed by atoms with Crippen LogP contribution in [-0.4, -0.2) is 14.5 Å². The van der Waals surface area contributed by atoms with Gasteiger partial charge in [-0.15, -0.1) is 0 Å². The van der Waals surface area contributed by atoms with Gasteiger partial charge in [0.2, 0.25) is 10.0 Å². The van der Waals surface area contributed by atoms with Gasteiger partial charge in [0.15, 0.2) is 0 Å². The summed E-state index contributed by atoms with van der Waals surface area (Å²) in [5, 5.41) is 0.231. The molecule has 0 aliphatic heterocycles. The number of hydrogen-bond acceptors (Lipinski definition) is 3. The Balaban J connectivity index is 2.25. The molecule has 2 atom stereocenters. The molecule has 1 aromatic carbocycles. The molecule has 112 valence electrons. The lowest BCUT2D eigenvalue weighted by atomic mass is 9.88. The quantitative estimate of drug-likeness (QED) is 0.830. The van der Waals surface area contributed by atoms with E-state index in [2.05, 4.69) is 11.6 Å². The van der Waals surface area contributed by atoms with Crippen LogP contribution in [0.3, 0.4) is 0 Å². The van der Waals surface area contributed by atoms with Crippen molar-refractivity contribution >= 4 is 38.9 Å². The average Bonchev–Trinajstić information content (AvgIpc) is 2.35. The zero-order chi connectivity index (χ0) is 14.9. The van der Waals surface area contributed by atoms with Gasteiger partial charge in [-0.3, -0.25) is 0 Å². The Morgan fingerprint density at radius 3 is 2.65 bits per heavy atom. The van der Waals surface area contributed by atoms with Crippen LogP contribution in [0.25, 0.3) is 0 Å². The molecular weight excluding hydrogens is 319 g/mol. The fourth-order valence-electron chi connectivity index (χ4n) is 2.58. The zero-order valence-corrected chi connectivity index (χ0v) is 13.5. The first-order valence-corrected chi connectivity index (χ1v) is 8.81. The van der Waals surface area contributed by atoms with E-state index in [1.54, 1.807) is 0 Å². The predicted molar refractivity (Wildman–Crippen MR) is 82.6 cm³/mol. The Morgan fingerprint density at radius 2 is 2.00 bits per heavy atom. The Labute approximate surface area is 129 Å². The van der Waals surface area contributed by atoms with Crippen molar-refractivity contribution in [3.05, 3.63) is 22.2 Å². The number of nitrogens with one attached hydrogen (secondary N) is 1. The molecule has 1 saturated carbocycles. The van der Waals surface area contributed by atoms with Crippen LogP contribution in [0.4, 0.5) is 5.69 Å². The third-order valence-corrected chi connectivity index (χ3v) is 6.05. The second-order valence-electron chi connectivity index (χ2n) is 5.36. The number of halogens is 2. The number of rotatable bonds is 3. The van der Waals surface area contributed by atoms with Crippen molar-refractivity contribution in [2.75, 3.05) is 5.73 Å². The lowest BCUT2D eigenvalue weighted by Gasteiger charge is -2.27. The van der Waals surface area contributed by atoms with Gasteiger partial charge in [-0.1, -0.05) is 43.0 Å². The van der Waals surface area contributed by atoms with E-state index in [1.165, 1.54) is 12.1 Å². The number of nitrogen functional groups attached to an aromatic ring is 1. The van der Waals surface area contributed by atoms with Crippen molar-refractivity contribution < 1.29 is 8.42 Å². The lowest BCUT2D eigenvalue weighted by Crippen LogP contribution is -2.38. The second kappa shape index (κ2) is 6.10. The van der Waals surface area contributed by atoms with Gasteiger partial charge in [-0.25, -0.2) is 13.1 Å². The summed E-state index contributed by atoms with van der Waals surface area (Å²) in [7, 11) is -3.67. The van der Waals surface area contributed by atoms with Gasteiger partial charge in [0.1, 0.15) is 4.90 Å². The van der Waals surface area contributed by atoms with Crippen molar-refractivity contribution in [2.45, 2.75) is 43.5 Å². The summed E-state index contributed by atoms with van der Waals surface area (Å²) < 4.78 is 27.5. The molecule has 0 amide bonds. The second-order valence-corrected chi connectivity index (χ2v) is 7.83. The van der Waals surface area contributed by atoms with Crippen LogP contribution in [0.1, 0.15) is 32.6 Å². The molecule has 1 aliphatic rings. The summed E-state index contributed by atoms with van der Waals surface area (Å²) in [6.45, 7) is 2.13. The standard InChI is InChI=1S/C13H18Cl2N2O2S/c1-8-3-2-4-9(7-8)17-20(18,19)11-6-5-10(14)13(16)12(11)15/h5-6,8-9,17H,2-4,7,16H2,1H3. The molecule has 3 N–H and O–H groups in total. The van der Waals surface area contributed by atoms with Gasteiger partial charge in [-0.05, 0) is 30.9 Å². The highest BCUT2D eigenvalue weighted by atomic mass is 35.5. The van der Waals surface area contributed by atoms with E-state index in [0.717, 1.165) is 25.7 Å². The van der Waals surface area contributed by atoms with Crippen LogP contribution < -0.4 is 10.5 Å². The molecule has 2 rings (SSSR count). The van der Waals surface area contributed by atoms with Gasteiger partial charge in [0, 0.05) is 6.04 Å². The number of sulfonamides is 1. The van der Waals surface area contributed by atoms with Crippen LogP contribution in [0, 0.1) is 5.92 Å². The normalized spacial score (nSPS) is 23.8. The molecular formula is C13H18Cl2N2O2S. The summed E-state index contributed by atoms with van der Waals surface area (Å²) in [5.74, 6) is 0.530. The minimum atomic E-state index is -3.67.